The van der Waals surface area contributed by atoms with Crippen molar-refractivity contribution in [1.29, 1.82) is 0 Å². The van der Waals surface area contributed by atoms with Gasteiger partial charge in [0, 0.05) is 10.0 Å². The van der Waals surface area contributed by atoms with Crippen molar-refractivity contribution in [2.24, 2.45) is 5.73 Å². The molecule has 1 aromatic carbocycles. The molecule has 1 aliphatic rings. The van der Waals surface area contributed by atoms with Crippen molar-refractivity contribution in [3.8, 4) is 0 Å². The van der Waals surface area contributed by atoms with E-state index in [1.807, 2.05) is 0 Å². The van der Waals surface area contributed by atoms with Gasteiger partial charge in [-0.25, -0.2) is 0 Å². The summed E-state index contributed by atoms with van der Waals surface area (Å²) in [5, 5.41) is 0. The summed E-state index contributed by atoms with van der Waals surface area (Å²) in [4.78, 5) is 0. The Morgan fingerprint density at radius 3 is 3.00 bits per heavy atom. The first-order chi connectivity index (χ1) is 6.67. The van der Waals surface area contributed by atoms with Gasteiger partial charge in [-0.2, -0.15) is 0 Å². The molecule has 0 aliphatic heterocycles. The van der Waals surface area contributed by atoms with Gasteiger partial charge in [0.25, 0.3) is 0 Å². The number of benzene rings is 1. The van der Waals surface area contributed by atoms with E-state index < -0.39 is 0 Å². The first-order valence-corrected chi connectivity index (χ1v) is 6.03. The summed E-state index contributed by atoms with van der Waals surface area (Å²) in [6, 6.07) is 6.38. The lowest BCUT2D eigenvalue weighted by Crippen LogP contribution is -2.39. The molecule has 76 valence electrons. The summed E-state index contributed by atoms with van der Waals surface area (Å²) in [5.74, 6) is 0. The fraction of sp³-hybridized carbons (Fsp3) is 0.500. The smallest absolute Gasteiger partial charge is 0.0410 e. The second kappa shape index (κ2) is 3.67. The van der Waals surface area contributed by atoms with Crippen LogP contribution < -0.4 is 5.73 Å². The third-order valence-corrected chi connectivity index (χ3v) is 4.08. The van der Waals surface area contributed by atoms with E-state index in [4.69, 9.17) is 5.73 Å². The molecule has 0 radical (unpaired) electrons. The van der Waals surface area contributed by atoms with E-state index in [2.05, 4.69) is 41.1 Å². The second-order valence-electron chi connectivity index (χ2n) is 4.13. The third-order valence-electron chi connectivity index (χ3n) is 3.34. The Morgan fingerprint density at radius 1 is 1.50 bits per heavy atom. The van der Waals surface area contributed by atoms with Crippen LogP contribution in [-0.2, 0) is 12.0 Å². The molecular formula is C12H16BrN. The van der Waals surface area contributed by atoms with Crippen LogP contribution in [-0.4, -0.2) is 0 Å². The van der Waals surface area contributed by atoms with Gasteiger partial charge in [-0.1, -0.05) is 35.0 Å². The highest BCUT2D eigenvalue weighted by Crippen LogP contribution is 2.38. The maximum atomic E-state index is 6.42. The average Bonchev–Trinajstić information content (AvgIpc) is 2.20. The number of hydrogen-bond acceptors (Lipinski definition) is 1. The highest BCUT2D eigenvalue weighted by Gasteiger charge is 2.31. The summed E-state index contributed by atoms with van der Waals surface area (Å²) < 4.78 is 1.22. The van der Waals surface area contributed by atoms with Crippen LogP contribution in [0.15, 0.2) is 22.7 Å². The number of nitrogens with two attached hydrogens (primary N) is 1. The van der Waals surface area contributed by atoms with Crippen LogP contribution in [0.5, 0.6) is 0 Å². The SMILES string of the molecule is CCC1(N)CCCc2c(Br)cccc21. The van der Waals surface area contributed by atoms with Crippen LogP contribution in [0, 0.1) is 0 Å². The molecule has 0 aromatic heterocycles. The van der Waals surface area contributed by atoms with E-state index in [0.717, 1.165) is 19.3 Å². The van der Waals surface area contributed by atoms with Crippen LogP contribution in [0.25, 0.3) is 0 Å². The van der Waals surface area contributed by atoms with Crippen molar-refractivity contribution >= 4 is 15.9 Å². The van der Waals surface area contributed by atoms with Gasteiger partial charge in [0.2, 0.25) is 0 Å². The van der Waals surface area contributed by atoms with Gasteiger partial charge in [0.05, 0.1) is 0 Å². The van der Waals surface area contributed by atoms with E-state index in [9.17, 15) is 0 Å². The Kier molecular flexibility index (Phi) is 2.67. The van der Waals surface area contributed by atoms with Gasteiger partial charge in [0.1, 0.15) is 0 Å². The van der Waals surface area contributed by atoms with Crippen molar-refractivity contribution < 1.29 is 0 Å². The molecule has 1 nitrogen and oxygen atoms in total. The third kappa shape index (κ3) is 1.51. The highest BCUT2D eigenvalue weighted by atomic mass is 79.9. The van der Waals surface area contributed by atoms with Gasteiger partial charge in [-0.3, -0.25) is 0 Å². The Hall–Kier alpha value is -0.340. The van der Waals surface area contributed by atoms with Crippen molar-refractivity contribution in [3.05, 3.63) is 33.8 Å². The lowest BCUT2D eigenvalue weighted by atomic mass is 9.76. The number of halogens is 1. The van der Waals surface area contributed by atoms with Crippen molar-refractivity contribution in [2.45, 2.75) is 38.1 Å². The summed E-state index contributed by atoms with van der Waals surface area (Å²) in [6.45, 7) is 2.18. The molecule has 2 N–H and O–H groups in total. The van der Waals surface area contributed by atoms with E-state index in [0.29, 0.717) is 0 Å². The van der Waals surface area contributed by atoms with E-state index in [-0.39, 0.29) is 5.54 Å². The average molecular weight is 254 g/mol. The first-order valence-electron chi connectivity index (χ1n) is 5.24. The Morgan fingerprint density at radius 2 is 2.29 bits per heavy atom. The number of fused-ring (bicyclic) bond motifs is 1. The molecule has 0 saturated carbocycles. The van der Waals surface area contributed by atoms with Gasteiger partial charge in [0.15, 0.2) is 0 Å². The lowest BCUT2D eigenvalue weighted by molar-refractivity contribution is 0.359. The van der Waals surface area contributed by atoms with Crippen LogP contribution in [0.1, 0.15) is 37.3 Å². The molecule has 14 heavy (non-hydrogen) atoms. The van der Waals surface area contributed by atoms with Crippen LogP contribution in [0.3, 0.4) is 0 Å². The van der Waals surface area contributed by atoms with Crippen LogP contribution in [0.4, 0.5) is 0 Å². The maximum absolute atomic E-state index is 6.42. The van der Waals surface area contributed by atoms with Gasteiger partial charge < -0.3 is 5.73 Å². The summed E-state index contributed by atoms with van der Waals surface area (Å²) in [7, 11) is 0. The zero-order valence-electron chi connectivity index (χ0n) is 8.52. The molecule has 1 aliphatic carbocycles. The molecule has 1 aromatic rings. The molecule has 1 atom stereocenters. The normalized spacial score (nSPS) is 25.9. The summed E-state index contributed by atoms with van der Waals surface area (Å²) in [5.41, 5.74) is 9.10. The summed E-state index contributed by atoms with van der Waals surface area (Å²) in [6.07, 6.45) is 4.51. The van der Waals surface area contributed by atoms with E-state index in [1.54, 1.807) is 0 Å². The topological polar surface area (TPSA) is 26.0 Å². The second-order valence-corrected chi connectivity index (χ2v) is 4.98. The van der Waals surface area contributed by atoms with Gasteiger partial charge >= 0.3 is 0 Å². The molecule has 0 amide bonds. The van der Waals surface area contributed by atoms with Gasteiger partial charge in [-0.15, -0.1) is 0 Å². The van der Waals surface area contributed by atoms with E-state index >= 15 is 0 Å². The number of hydrogen-bond donors (Lipinski definition) is 1. The van der Waals surface area contributed by atoms with Crippen molar-refractivity contribution in [1.82, 2.24) is 0 Å². The lowest BCUT2D eigenvalue weighted by Gasteiger charge is -2.35. The minimum Gasteiger partial charge on any atom is -0.321 e. The Balaban J connectivity index is 2.55. The van der Waals surface area contributed by atoms with Crippen LogP contribution >= 0.6 is 15.9 Å². The zero-order chi connectivity index (χ0) is 10.2. The minimum absolute atomic E-state index is 0.0859. The molecule has 0 saturated heterocycles. The largest absolute Gasteiger partial charge is 0.321 e. The first kappa shape index (κ1) is 10.2. The molecule has 2 heteroatoms. The fourth-order valence-electron chi connectivity index (χ4n) is 2.36. The molecule has 0 heterocycles. The fourth-order valence-corrected chi connectivity index (χ4v) is 2.93. The van der Waals surface area contributed by atoms with Crippen molar-refractivity contribution in [2.75, 3.05) is 0 Å². The maximum Gasteiger partial charge on any atom is 0.0410 e. The monoisotopic (exact) mass is 253 g/mol. The van der Waals surface area contributed by atoms with Gasteiger partial charge in [-0.05, 0) is 42.9 Å². The Labute approximate surface area is 93.8 Å². The standard InChI is InChI=1S/C12H16BrN/c1-2-12(14)8-4-5-9-10(12)6-3-7-11(9)13/h3,6-7H,2,4-5,8,14H2,1H3. The quantitative estimate of drug-likeness (QED) is 0.817. The molecule has 0 fully saturated rings. The zero-order valence-corrected chi connectivity index (χ0v) is 10.1. The molecule has 1 unspecified atom stereocenters. The summed E-state index contributed by atoms with van der Waals surface area (Å²) >= 11 is 3.61. The van der Waals surface area contributed by atoms with E-state index in [1.165, 1.54) is 22.0 Å². The molecular weight excluding hydrogens is 238 g/mol. The predicted molar refractivity (Wildman–Crippen MR) is 63.2 cm³/mol. The van der Waals surface area contributed by atoms with Crippen LogP contribution in [0.2, 0.25) is 0 Å². The minimum atomic E-state index is -0.0859. The molecule has 0 bridgehead atoms. The highest BCUT2D eigenvalue weighted by molar-refractivity contribution is 9.10. The van der Waals surface area contributed by atoms with Crippen molar-refractivity contribution in [3.63, 3.8) is 0 Å². The number of rotatable bonds is 1. The Bertz CT molecular complexity index is 348. The predicted octanol–water partition coefficient (Wildman–Crippen LogP) is 3.35. The molecule has 2 rings (SSSR count). The molecule has 0 spiro atoms.